The van der Waals surface area contributed by atoms with Gasteiger partial charge in [-0.1, -0.05) is 77.2 Å². The quantitative estimate of drug-likeness (QED) is 0.193. The molecule has 3 atom stereocenters. The number of hydrogen-bond donors (Lipinski definition) is 2. The Bertz CT molecular complexity index is 474. The van der Waals surface area contributed by atoms with E-state index in [1.165, 1.54) is 70.6 Å². The van der Waals surface area contributed by atoms with Crippen LogP contribution in [0.5, 0.6) is 0 Å². The lowest BCUT2D eigenvalue weighted by Crippen LogP contribution is -2.62. The lowest BCUT2D eigenvalue weighted by molar-refractivity contribution is -0.917. The standard InChI is InChI=1S/C24H45N3O/c1-5-7-8-9-10-11-12-13-14-15-16-17-18-19-24-25-20-21-27(24,6-2)22(3)26-23(4)28/h18-22,24-25H,5-17H2,1-4H3/p+1/b19-18+. The van der Waals surface area contributed by atoms with Gasteiger partial charge in [0.1, 0.15) is 6.20 Å². The van der Waals surface area contributed by atoms with Gasteiger partial charge in [0.2, 0.25) is 5.91 Å². The summed E-state index contributed by atoms with van der Waals surface area (Å²) in [5.74, 6) is 0.0300. The van der Waals surface area contributed by atoms with Crippen LogP contribution in [0, 0.1) is 0 Å². The van der Waals surface area contributed by atoms with E-state index in [0.717, 1.165) is 17.4 Å². The van der Waals surface area contributed by atoms with Crippen LogP contribution in [0.3, 0.4) is 0 Å². The number of carbonyl (C=O) groups is 1. The average Bonchev–Trinajstić information content (AvgIpc) is 3.09. The monoisotopic (exact) mass is 392 g/mol. The maximum atomic E-state index is 11.5. The van der Waals surface area contributed by atoms with Crippen LogP contribution < -0.4 is 10.6 Å². The highest BCUT2D eigenvalue weighted by Gasteiger charge is 2.40. The molecule has 1 aliphatic heterocycles. The lowest BCUT2D eigenvalue weighted by atomic mass is 10.1. The molecule has 162 valence electrons. The number of nitrogens with zero attached hydrogens (tertiary/aromatic N) is 1. The van der Waals surface area contributed by atoms with E-state index < -0.39 is 0 Å². The topological polar surface area (TPSA) is 41.1 Å². The molecule has 1 amide bonds. The molecule has 1 aliphatic rings. The van der Waals surface area contributed by atoms with Gasteiger partial charge in [-0.05, 0) is 25.8 Å². The van der Waals surface area contributed by atoms with Crippen molar-refractivity contribution in [1.29, 1.82) is 0 Å². The van der Waals surface area contributed by atoms with Crippen LogP contribution in [0.25, 0.3) is 0 Å². The molecular weight excluding hydrogens is 346 g/mol. The third-order valence-electron chi connectivity index (χ3n) is 6.11. The lowest BCUT2D eigenvalue weighted by Gasteiger charge is -2.40. The molecule has 1 heterocycles. The molecule has 3 unspecified atom stereocenters. The van der Waals surface area contributed by atoms with Crippen LogP contribution in [0.4, 0.5) is 0 Å². The molecule has 0 bridgehead atoms. The second kappa shape index (κ2) is 14.7. The van der Waals surface area contributed by atoms with Crippen LogP contribution in [-0.4, -0.2) is 29.3 Å². The number of allylic oxidation sites excluding steroid dienone is 1. The number of likely N-dealkylation sites (N-methyl/N-ethyl adjacent to an activating group) is 1. The smallest absolute Gasteiger partial charge is 0.221 e. The van der Waals surface area contributed by atoms with Crippen molar-refractivity contribution in [2.45, 2.75) is 117 Å². The SMILES string of the molecule is CCCCCCCCCCCCC/C=C/C1NC=C[N+]1(CC)C(C)NC(C)=O. The van der Waals surface area contributed by atoms with Gasteiger partial charge in [0.05, 0.1) is 12.7 Å². The van der Waals surface area contributed by atoms with Crippen molar-refractivity contribution in [3.05, 3.63) is 24.6 Å². The number of nitrogens with one attached hydrogen (secondary N) is 2. The number of amides is 1. The van der Waals surface area contributed by atoms with E-state index >= 15 is 0 Å². The van der Waals surface area contributed by atoms with Crippen molar-refractivity contribution in [1.82, 2.24) is 10.6 Å². The highest BCUT2D eigenvalue weighted by molar-refractivity contribution is 5.72. The highest BCUT2D eigenvalue weighted by Crippen LogP contribution is 2.23. The van der Waals surface area contributed by atoms with Crippen molar-refractivity contribution in [3.8, 4) is 0 Å². The summed E-state index contributed by atoms with van der Waals surface area (Å²) in [6, 6.07) is 0. The van der Waals surface area contributed by atoms with Gasteiger partial charge in [-0.3, -0.25) is 9.28 Å². The van der Waals surface area contributed by atoms with Crippen LogP contribution in [-0.2, 0) is 4.79 Å². The maximum Gasteiger partial charge on any atom is 0.221 e. The number of hydrogen-bond acceptors (Lipinski definition) is 2. The van der Waals surface area contributed by atoms with Gasteiger partial charge in [-0.15, -0.1) is 0 Å². The number of unbranched alkanes of at least 4 members (excludes halogenated alkanes) is 11. The first-order chi connectivity index (χ1) is 13.6. The predicted molar refractivity (Wildman–Crippen MR) is 120 cm³/mol. The van der Waals surface area contributed by atoms with Crippen molar-refractivity contribution >= 4 is 5.91 Å². The van der Waals surface area contributed by atoms with E-state index in [1.54, 1.807) is 6.92 Å². The minimum absolute atomic E-state index is 0.0300. The third kappa shape index (κ3) is 8.81. The Morgan fingerprint density at radius 3 is 2.14 bits per heavy atom. The zero-order valence-corrected chi connectivity index (χ0v) is 19.0. The van der Waals surface area contributed by atoms with Crippen LogP contribution in [0.1, 0.15) is 105 Å². The Balaban J connectivity index is 2.17. The number of rotatable bonds is 16. The molecular formula is C24H46N3O+. The molecule has 0 aromatic rings. The Hall–Kier alpha value is -1.29. The Morgan fingerprint density at radius 2 is 1.61 bits per heavy atom. The number of carbonyl (C=O) groups excluding carboxylic acids is 1. The zero-order valence-electron chi connectivity index (χ0n) is 19.0. The first kappa shape index (κ1) is 24.7. The molecule has 0 saturated carbocycles. The van der Waals surface area contributed by atoms with Crippen molar-refractivity contribution in [2.24, 2.45) is 0 Å². The van der Waals surface area contributed by atoms with Crippen molar-refractivity contribution in [3.63, 3.8) is 0 Å². The molecule has 0 spiro atoms. The summed E-state index contributed by atoms with van der Waals surface area (Å²) in [6.07, 6.45) is 25.5. The molecule has 0 saturated heterocycles. The normalized spacial score (nSPS) is 22.5. The number of quaternary nitrogens is 1. The van der Waals surface area contributed by atoms with Gasteiger partial charge in [-0.25, -0.2) is 0 Å². The van der Waals surface area contributed by atoms with E-state index in [4.69, 9.17) is 0 Å². The molecule has 4 heteroatoms. The van der Waals surface area contributed by atoms with Gasteiger partial charge in [0.25, 0.3) is 0 Å². The maximum absolute atomic E-state index is 11.5. The van der Waals surface area contributed by atoms with E-state index in [0.29, 0.717) is 0 Å². The predicted octanol–water partition coefficient (Wildman–Crippen LogP) is 5.96. The summed E-state index contributed by atoms with van der Waals surface area (Å²) in [5, 5.41) is 6.51. The Morgan fingerprint density at radius 1 is 1.04 bits per heavy atom. The summed E-state index contributed by atoms with van der Waals surface area (Å²) in [4.78, 5) is 11.5. The Labute approximate surface area is 174 Å². The van der Waals surface area contributed by atoms with E-state index in [9.17, 15) is 4.79 Å². The molecule has 4 nitrogen and oxygen atoms in total. The van der Waals surface area contributed by atoms with Gasteiger partial charge < -0.3 is 10.6 Å². The first-order valence-electron chi connectivity index (χ1n) is 11.8. The fourth-order valence-corrected chi connectivity index (χ4v) is 4.24. The highest BCUT2D eigenvalue weighted by atomic mass is 16.1. The molecule has 0 fully saturated rings. The minimum Gasteiger partial charge on any atom is -0.334 e. The van der Waals surface area contributed by atoms with Gasteiger partial charge >= 0.3 is 0 Å². The van der Waals surface area contributed by atoms with E-state index in [2.05, 4.69) is 49.8 Å². The molecule has 0 aromatic carbocycles. The molecule has 2 N–H and O–H groups in total. The largest absolute Gasteiger partial charge is 0.334 e. The van der Waals surface area contributed by atoms with Gasteiger partial charge in [0.15, 0.2) is 12.3 Å². The fourth-order valence-electron chi connectivity index (χ4n) is 4.24. The van der Waals surface area contributed by atoms with E-state index in [1.807, 2.05) is 6.20 Å². The summed E-state index contributed by atoms with van der Waals surface area (Å²) < 4.78 is 0.730. The molecule has 1 rings (SSSR count). The van der Waals surface area contributed by atoms with Crippen LogP contribution in [0.2, 0.25) is 0 Å². The summed E-state index contributed by atoms with van der Waals surface area (Å²) in [6.45, 7) is 9.08. The Kier molecular flexibility index (Phi) is 13.0. The first-order valence-corrected chi connectivity index (χ1v) is 11.8. The second-order valence-corrected chi connectivity index (χ2v) is 8.37. The van der Waals surface area contributed by atoms with Crippen molar-refractivity contribution in [2.75, 3.05) is 6.54 Å². The average molecular weight is 393 g/mol. The van der Waals surface area contributed by atoms with Gasteiger partial charge in [0, 0.05) is 13.8 Å². The van der Waals surface area contributed by atoms with Crippen LogP contribution in [0.15, 0.2) is 24.6 Å². The molecule has 0 aliphatic carbocycles. The zero-order chi connectivity index (χ0) is 20.7. The van der Waals surface area contributed by atoms with Crippen LogP contribution >= 0.6 is 0 Å². The molecule has 28 heavy (non-hydrogen) atoms. The van der Waals surface area contributed by atoms with Crippen molar-refractivity contribution < 1.29 is 9.28 Å². The fraction of sp³-hybridized carbons (Fsp3) is 0.792. The summed E-state index contributed by atoms with van der Waals surface area (Å²) in [5.41, 5.74) is 0. The molecule has 0 aromatic heterocycles. The minimum atomic E-state index is 0.0300. The summed E-state index contributed by atoms with van der Waals surface area (Å²) in [7, 11) is 0. The summed E-state index contributed by atoms with van der Waals surface area (Å²) >= 11 is 0. The second-order valence-electron chi connectivity index (χ2n) is 8.37. The molecule has 0 radical (unpaired) electrons. The van der Waals surface area contributed by atoms with E-state index in [-0.39, 0.29) is 18.2 Å². The third-order valence-corrected chi connectivity index (χ3v) is 6.11. The van der Waals surface area contributed by atoms with Gasteiger partial charge in [-0.2, -0.15) is 0 Å².